The van der Waals surface area contributed by atoms with E-state index in [0.29, 0.717) is 59.1 Å². The Balaban J connectivity index is 1.71. The number of hydrogen-bond acceptors (Lipinski definition) is 0. The molecule has 0 radical (unpaired) electrons. The molecule has 4 aromatic rings. The Labute approximate surface area is 374 Å². The Kier molecular flexibility index (Phi) is 13.7. The van der Waals surface area contributed by atoms with Gasteiger partial charge in [0.25, 0.3) is 0 Å². The van der Waals surface area contributed by atoms with Crippen LogP contribution in [-0.2, 0) is 40.3 Å². The van der Waals surface area contributed by atoms with E-state index in [1.807, 2.05) is 51.2 Å². The third kappa shape index (κ3) is 9.01. The van der Waals surface area contributed by atoms with E-state index in [1.54, 1.807) is 39.8 Å². The molecule has 0 amide bonds. The van der Waals surface area contributed by atoms with E-state index < -0.39 is 75.7 Å². The molecule has 0 nitrogen and oxygen atoms in total. The van der Waals surface area contributed by atoms with Gasteiger partial charge in [0.05, 0.1) is 0 Å². The van der Waals surface area contributed by atoms with Crippen molar-refractivity contribution < 1.29 is 68.2 Å². The van der Waals surface area contributed by atoms with Crippen molar-refractivity contribution in [1.29, 1.82) is 0 Å². The van der Waals surface area contributed by atoms with E-state index in [2.05, 4.69) is 0 Å². The van der Waals surface area contributed by atoms with Gasteiger partial charge in [-0.1, -0.05) is 0 Å². The van der Waals surface area contributed by atoms with Gasteiger partial charge in [0.2, 0.25) is 0 Å². The van der Waals surface area contributed by atoms with E-state index >= 15 is 0 Å². The predicted octanol–water partition coefficient (Wildman–Crippen LogP) is 18.5. The average molecular weight is 1040 g/mol. The SMILES string of the molecule is CCCC1=Cc2c(ccc(C(C)C)c2-c2cc(C(F)(F)F)cc(C(F)(F)F)c2)[CH]1[Zr]([Cl])([Cl])([CH]1C(CCC)=Cc2c1ccc(C(C)C)c2-c1cc(C(F)(F)F)cc(C(F)(F)F)c1)[SiH](C)C. The van der Waals surface area contributed by atoms with Crippen LogP contribution in [0.15, 0.2) is 71.8 Å². The molecule has 0 saturated carbocycles. The van der Waals surface area contributed by atoms with Crippen LogP contribution in [0.4, 0.5) is 52.7 Å². The van der Waals surface area contributed by atoms with E-state index in [1.165, 1.54) is 0 Å². The maximum absolute atomic E-state index is 14.3. The van der Waals surface area contributed by atoms with Gasteiger partial charge < -0.3 is 0 Å². The molecule has 2 aliphatic rings. The molecule has 0 heterocycles. The fourth-order valence-electron chi connectivity index (χ4n) is 10.0. The zero-order valence-electron chi connectivity index (χ0n) is 36.4. The van der Waals surface area contributed by atoms with Crippen LogP contribution in [0.3, 0.4) is 0 Å². The second-order valence-corrected chi connectivity index (χ2v) is 60.7. The Bertz CT molecular complexity index is 2290. The fraction of sp³-hybridized carbons (Fsp3) is 0.417. The maximum atomic E-state index is 14.3. The van der Waals surface area contributed by atoms with Gasteiger partial charge in [-0.05, 0) is 0 Å². The fourth-order valence-corrected chi connectivity index (χ4v) is 41.5. The van der Waals surface area contributed by atoms with Crippen molar-refractivity contribution in [3.05, 3.63) is 127 Å². The first-order valence-corrected chi connectivity index (χ1v) is 37.6. The van der Waals surface area contributed by atoms with Gasteiger partial charge in [-0.25, -0.2) is 0 Å². The third-order valence-electron chi connectivity index (χ3n) is 12.9. The molecule has 4 aromatic carbocycles. The first-order chi connectivity index (χ1) is 29.4. The average Bonchev–Trinajstić information content (AvgIpc) is 3.74. The number of fused-ring (bicyclic) bond motifs is 2. The van der Waals surface area contributed by atoms with Gasteiger partial charge in [-0.2, -0.15) is 0 Å². The molecule has 2 unspecified atom stereocenters. The van der Waals surface area contributed by atoms with Crippen molar-refractivity contribution in [2.24, 2.45) is 0 Å². The van der Waals surface area contributed by atoms with Crippen molar-refractivity contribution in [3.8, 4) is 22.3 Å². The molecule has 6 rings (SSSR count). The minimum absolute atomic E-state index is 0.0998. The molecule has 0 aromatic heterocycles. The number of rotatable bonds is 11. The quantitative estimate of drug-likeness (QED) is 0.104. The summed E-state index contributed by atoms with van der Waals surface area (Å²) in [4.78, 5) is 0. The molecule has 0 N–H and O–H groups in total. The molecule has 2 aliphatic carbocycles. The summed E-state index contributed by atoms with van der Waals surface area (Å²) in [5.41, 5.74) is -1.29. The molecule has 2 atom stereocenters. The number of alkyl halides is 12. The number of allylic oxidation sites excluding steroid dienone is 2. The molecular formula is C48H49Cl2F12SiZr. The molecule has 347 valence electrons. The van der Waals surface area contributed by atoms with Gasteiger partial charge in [-0.15, -0.1) is 0 Å². The Morgan fingerprint density at radius 2 is 0.812 bits per heavy atom. The number of benzene rings is 4. The Morgan fingerprint density at radius 3 is 1.05 bits per heavy atom. The Morgan fingerprint density at radius 1 is 0.516 bits per heavy atom. The van der Waals surface area contributed by atoms with Crippen LogP contribution in [0, 0.1) is 0 Å². The van der Waals surface area contributed by atoms with Crippen molar-refractivity contribution in [3.63, 3.8) is 0 Å². The van der Waals surface area contributed by atoms with E-state index in [-0.39, 0.29) is 46.2 Å². The van der Waals surface area contributed by atoms with Gasteiger partial charge >= 0.3 is 377 Å². The summed E-state index contributed by atoms with van der Waals surface area (Å²) in [5.74, 6) is -3.06. The molecule has 64 heavy (non-hydrogen) atoms. The molecule has 0 bridgehead atoms. The summed E-state index contributed by atoms with van der Waals surface area (Å²) in [6.07, 6.45) is -14.7. The zero-order valence-corrected chi connectivity index (χ0v) is 41.6. The van der Waals surface area contributed by atoms with Crippen LogP contribution in [0.1, 0.15) is 142 Å². The summed E-state index contributed by atoms with van der Waals surface area (Å²) in [6, 6.07) is 10.3. The van der Waals surface area contributed by atoms with Gasteiger partial charge in [0.1, 0.15) is 0 Å². The molecule has 0 saturated heterocycles. The normalized spacial score (nSPS) is 17.8. The first-order valence-electron chi connectivity index (χ1n) is 21.3. The van der Waals surface area contributed by atoms with Crippen LogP contribution in [0.25, 0.3) is 34.4 Å². The summed E-state index contributed by atoms with van der Waals surface area (Å²) in [6.45, 7) is 15.1. The third-order valence-corrected chi connectivity index (χ3v) is 64.8. The van der Waals surface area contributed by atoms with Crippen LogP contribution in [0.2, 0.25) is 13.1 Å². The zero-order chi connectivity index (χ0) is 47.9. The van der Waals surface area contributed by atoms with Crippen molar-refractivity contribution in [1.82, 2.24) is 0 Å². The monoisotopic (exact) mass is 1040 g/mol. The van der Waals surface area contributed by atoms with Crippen LogP contribution >= 0.6 is 17.0 Å². The Hall–Kier alpha value is -2.80. The summed E-state index contributed by atoms with van der Waals surface area (Å²) in [5, 5.41) is 0. The van der Waals surface area contributed by atoms with E-state index in [4.69, 9.17) is 17.0 Å². The van der Waals surface area contributed by atoms with Crippen LogP contribution in [-0.4, -0.2) is 5.92 Å². The van der Waals surface area contributed by atoms with Gasteiger partial charge in [0.15, 0.2) is 0 Å². The van der Waals surface area contributed by atoms with Gasteiger partial charge in [0, 0.05) is 0 Å². The summed E-state index contributed by atoms with van der Waals surface area (Å²) < 4.78 is 171. The topological polar surface area (TPSA) is 0 Å². The minimum atomic E-state index is -5.83. The molecular weight excluding hydrogens is 995 g/mol. The molecule has 0 spiro atoms. The summed E-state index contributed by atoms with van der Waals surface area (Å²) >= 11 is -5.83. The van der Waals surface area contributed by atoms with Crippen molar-refractivity contribution >= 4 is 35.1 Å². The van der Waals surface area contributed by atoms with Crippen LogP contribution < -0.4 is 0 Å². The van der Waals surface area contributed by atoms with Crippen LogP contribution in [0.5, 0.6) is 0 Å². The standard InChI is InChI=1S/2C23H21F6.C2H7Si.2ClH.Zr/c2*1-4-5-14-8-15-6-7-19(13(2)3)21(20(15)9-14)16-10-17(22(24,25)26)12-18(11-16)23(27,28)29;1-3-2;;;/h2*6-13H,4-5H2,1-3H3;3H,1-2H3;2*1H;/q;;;;;+2/p-2. The van der Waals surface area contributed by atoms with E-state index in [0.717, 1.165) is 35.4 Å². The van der Waals surface area contributed by atoms with Crippen molar-refractivity contribution in [2.45, 2.75) is 124 Å². The second kappa shape index (κ2) is 17.4. The van der Waals surface area contributed by atoms with Crippen molar-refractivity contribution in [2.75, 3.05) is 0 Å². The molecule has 0 fully saturated rings. The second-order valence-electron chi connectivity index (χ2n) is 18.1. The number of hydrogen-bond donors (Lipinski definition) is 0. The van der Waals surface area contributed by atoms with Gasteiger partial charge in [-0.3, -0.25) is 0 Å². The predicted molar refractivity (Wildman–Crippen MR) is 234 cm³/mol. The number of halogens is 14. The first kappa shape index (κ1) is 50.6. The van der Waals surface area contributed by atoms with E-state index in [9.17, 15) is 52.7 Å². The molecule has 16 heteroatoms. The summed E-state index contributed by atoms with van der Waals surface area (Å²) in [7, 11) is 17.1. The molecule has 0 aliphatic heterocycles.